The minimum absolute atomic E-state index is 0. The number of hydrogen-bond acceptors (Lipinski definition) is 4. The smallest absolute Gasteiger partial charge is 0.554 e. The van der Waals surface area contributed by atoms with Crippen LogP contribution in [0.5, 0.6) is 0 Å². The van der Waals surface area contributed by atoms with E-state index in [-0.39, 0.29) is 25.0 Å². The van der Waals surface area contributed by atoms with Gasteiger partial charge in [0.2, 0.25) is 0 Å². The third-order valence-corrected chi connectivity index (χ3v) is 0. The molecule has 0 spiro atoms. The van der Waals surface area contributed by atoms with Gasteiger partial charge in [0, 0.05) is 12.9 Å². The molecule has 0 amide bonds. The van der Waals surface area contributed by atoms with Crippen LogP contribution < -0.4 is 10.2 Å². The molecule has 0 unspecified atom stereocenters. The fraction of sp³-hybridized carbons (Fsp3) is 0. The molecule has 0 heterocycles. The summed E-state index contributed by atoms with van der Waals surface area (Å²) in [6.07, 6.45) is 0. The summed E-state index contributed by atoms with van der Waals surface area (Å²) in [5.74, 6) is 0. The minimum atomic E-state index is -0.500. The van der Waals surface area contributed by atoms with Gasteiger partial charge in [-0.1, -0.05) is 0 Å². The zero-order valence-corrected chi connectivity index (χ0v) is 6.96. The quantitative estimate of drug-likeness (QED) is 0.274. The second-order valence-corrected chi connectivity index (χ2v) is 0.192. The molecule has 0 saturated carbocycles. The Morgan fingerprint density at radius 1 is 1.00 bits per heavy atom. The second-order valence-electron chi connectivity index (χ2n) is 0.192. The van der Waals surface area contributed by atoms with Gasteiger partial charge in [0.1, 0.15) is 0 Å². The molecule has 0 aliphatic carbocycles. The van der Waals surface area contributed by atoms with Crippen LogP contribution in [-0.2, 0) is 29.1 Å². The fourth-order valence-electron chi connectivity index (χ4n) is 0. The molecule has 0 rings (SSSR count). The maximum Gasteiger partial charge on any atom is 2.00 e. The van der Waals surface area contributed by atoms with Gasteiger partial charge in [0.25, 0.3) is 0 Å². The Morgan fingerprint density at radius 3 is 1.00 bits per heavy atom. The average Bonchev–Trinajstić information content (AvgIpc) is 1.39. The van der Waals surface area contributed by atoms with Crippen molar-refractivity contribution in [1.29, 1.82) is 0 Å². The van der Waals surface area contributed by atoms with Crippen LogP contribution in [0.1, 0.15) is 0 Å². The van der Waals surface area contributed by atoms with Crippen molar-refractivity contribution in [2.75, 3.05) is 0 Å². The summed E-state index contributed by atoms with van der Waals surface area (Å²) >= 11 is 0. The van der Waals surface area contributed by atoms with Crippen molar-refractivity contribution >= 4 is 12.9 Å². The van der Waals surface area contributed by atoms with E-state index < -0.39 is 12.9 Å². The molecule has 8 heavy (non-hydrogen) atoms. The standard InChI is InChI=1S/2CH2O2.H2O.Zn/c2*2-1-3;;/h2*1H,(H,2,3);1H2;/q;;;+2/p-2. The van der Waals surface area contributed by atoms with E-state index in [2.05, 4.69) is 0 Å². The molecule has 0 atom stereocenters. The first kappa shape index (κ1) is 25.8. The molecule has 0 aliphatic rings. The molecule has 0 aromatic rings. The predicted molar refractivity (Wildman–Crippen MR) is 15.7 cm³/mol. The molecule has 0 bridgehead atoms. The van der Waals surface area contributed by atoms with Crippen molar-refractivity contribution in [1.82, 2.24) is 0 Å². The van der Waals surface area contributed by atoms with Gasteiger partial charge in [0.05, 0.1) is 0 Å². The van der Waals surface area contributed by atoms with Crippen molar-refractivity contribution in [3.05, 3.63) is 0 Å². The first-order valence-corrected chi connectivity index (χ1v) is 0.943. The van der Waals surface area contributed by atoms with E-state index in [9.17, 15) is 0 Å². The third-order valence-electron chi connectivity index (χ3n) is 0. The van der Waals surface area contributed by atoms with E-state index in [0.717, 1.165) is 0 Å². The number of rotatable bonds is 0. The van der Waals surface area contributed by atoms with E-state index in [1.807, 2.05) is 0 Å². The predicted octanol–water partition coefficient (Wildman–Crippen LogP) is -4.09. The monoisotopic (exact) mass is 172 g/mol. The van der Waals surface area contributed by atoms with Gasteiger partial charge >= 0.3 is 19.5 Å². The first-order chi connectivity index (χ1) is 2.83. The summed E-state index contributed by atoms with van der Waals surface area (Å²) in [6.45, 7) is -1.00. The van der Waals surface area contributed by atoms with E-state index in [1.54, 1.807) is 0 Å². The van der Waals surface area contributed by atoms with Crippen molar-refractivity contribution in [3.8, 4) is 0 Å². The number of carboxylic acid groups (broad SMARTS) is 2. The fourth-order valence-corrected chi connectivity index (χ4v) is 0. The Morgan fingerprint density at radius 2 is 1.00 bits per heavy atom. The van der Waals surface area contributed by atoms with Crippen LogP contribution in [0.4, 0.5) is 0 Å². The Hall–Kier alpha value is -0.477. The van der Waals surface area contributed by atoms with Crippen LogP contribution in [0.25, 0.3) is 0 Å². The molecule has 2 N–H and O–H groups in total. The maximum atomic E-state index is 8.25. The van der Waals surface area contributed by atoms with E-state index in [1.165, 1.54) is 0 Å². The van der Waals surface area contributed by atoms with Gasteiger partial charge in [-0.3, -0.25) is 0 Å². The summed E-state index contributed by atoms with van der Waals surface area (Å²) in [4.78, 5) is 16.5. The van der Waals surface area contributed by atoms with Gasteiger partial charge in [-0.05, 0) is 0 Å². The Labute approximate surface area is 58.4 Å². The van der Waals surface area contributed by atoms with Gasteiger partial charge in [-0.2, -0.15) is 0 Å². The molecule has 0 aromatic heterocycles. The number of carbonyl (C=O) groups is 2. The van der Waals surface area contributed by atoms with Crippen molar-refractivity contribution < 1.29 is 44.8 Å². The van der Waals surface area contributed by atoms with Crippen LogP contribution in [0.2, 0.25) is 0 Å². The average molecular weight is 173 g/mol. The topological polar surface area (TPSA) is 112 Å². The Balaban J connectivity index is -0.0000000160. The van der Waals surface area contributed by atoms with Crippen LogP contribution in [-0.4, -0.2) is 18.4 Å². The third kappa shape index (κ3) is 497. The summed E-state index contributed by atoms with van der Waals surface area (Å²) < 4.78 is 0. The van der Waals surface area contributed by atoms with Crippen LogP contribution >= 0.6 is 0 Å². The molecule has 0 radical (unpaired) electrons. The van der Waals surface area contributed by atoms with Crippen molar-refractivity contribution in [3.63, 3.8) is 0 Å². The van der Waals surface area contributed by atoms with Gasteiger partial charge in [-0.15, -0.1) is 0 Å². The zero-order valence-electron chi connectivity index (χ0n) is 3.99. The van der Waals surface area contributed by atoms with Crippen LogP contribution in [0.3, 0.4) is 0 Å². The van der Waals surface area contributed by atoms with Crippen LogP contribution in [0, 0.1) is 0 Å². The maximum absolute atomic E-state index is 8.25. The normalized spacial score (nSPS) is 3.00. The van der Waals surface area contributed by atoms with Gasteiger partial charge in [-0.25, -0.2) is 0 Å². The summed E-state index contributed by atoms with van der Waals surface area (Å²) in [7, 11) is 0. The first-order valence-electron chi connectivity index (χ1n) is 0.943. The number of carbonyl (C=O) groups excluding carboxylic acids is 2. The number of hydrogen-bond donors (Lipinski definition) is 0. The minimum Gasteiger partial charge on any atom is -0.554 e. The molecule has 0 aromatic carbocycles. The van der Waals surface area contributed by atoms with Crippen molar-refractivity contribution in [2.24, 2.45) is 0 Å². The molecule has 44 valence electrons. The summed E-state index contributed by atoms with van der Waals surface area (Å²) in [5, 5.41) is 16.5. The van der Waals surface area contributed by atoms with Crippen molar-refractivity contribution in [2.45, 2.75) is 0 Å². The van der Waals surface area contributed by atoms with E-state index in [4.69, 9.17) is 19.8 Å². The summed E-state index contributed by atoms with van der Waals surface area (Å²) in [5.41, 5.74) is 0. The van der Waals surface area contributed by atoms with E-state index >= 15 is 0 Å². The zero-order chi connectivity index (χ0) is 5.41. The SMILES string of the molecule is O.O=C[O-].O=C[O-].[Zn+2]. The molecule has 0 fully saturated rings. The van der Waals surface area contributed by atoms with Crippen LogP contribution in [0.15, 0.2) is 0 Å². The van der Waals surface area contributed by atoms with E-state index in [0.29, 0.717) is 0 Å². The molecular formula is C2H4O5Zn. The molecule has 0 aliphatic heterocycles. The molecular weight excluding hydrogens is 169 g/mol. The molecule has 0 saturated heterocycles. The van der Waals surface area contributed by atoms with Gasteiger partial charge < -0.3 is 25.3 Å². The Kier molecular flexibility index (Phi) is 276. The Bertz CT molecular complexity index is 31.4. The second kappa shape index (κ2) is 85.8. The summed E-state index contributed by atoms with van der Waals surface area (Å²) in [6, 6.07) is 0. The van der Waals surface area contributed by atoms with Gasteiger partial charge in [0.15, 0.2) is 0 Å². The molecule has 6 heteroatoms. The molecule has 5 nitrogen and oxygen atoms in total. The largest absolute Gasteiger partial charge is 2.00 e.